The van der Waals surface area contributed by atoms with Gasteiger partial charge in [0.15, 0.2) is 0 Å². The Bertz CT molecular complexity index is 904. The number of carboxylic acid groups (broad SMARTS) is 2. The van der Waals surface area contributed by atoms with Gasteiger partial charge in [0.05, 0.1) is 11.1 Å². The van der Waals surface area contributed by atoms with Crippen LogP contribution in [0, 0.1) is 11.3 Å². The molecule has 160 valence electrons. The molecule has 0 spiro atoms. The number of nitriles is 1. The van der Waals surface area contributed by atoms with Crippen molar-refractivity contribution in [2.24, 2.45) is 5.73 Å². The zero-order chi connectivity index (χ0) is 22.7. The molecule has 0 aliphatic rings. The Labute approximate surface area is 167 Å². The van der Waals surface area contributed by atoms with E-state index in [4.69, 9.17) is 30.5 Å². The fourth-order valence-electron chi connectivity index (χ4n) is 1.99. The minimum absolute atomic E-state index is 0.00137. The monoisotopic (exact) mass is 427 g/mol. The van der Waals surface area contributed by atoms with Crippen LogP contribution >= 0.6 is 0 Å². The lowest BCUT2D eigenvalue weighted by atomic mass is 10.1. The van der Waals surface area contributed by atoms with Crippen LogP contribution in [0.1, 0.15) is 29.3 Å². The first-order chi connectivity index (χ1) is 14.1. The van der Waals surface area contributed by atoms with Gasteiger partial charge in [0.25, 0.3) is 0 Å². The quantitative estimate of drug-likeness (QED) is 0.565. The molecular weight excluding hydrogens is 411 g/mol. The van der Waals surface area contributed by atoms with Gasteiger partial charge in [-0.3, -0.25) is 0 Å². The van der Waals surface area contributed by atoms with Crippen molar-refractivity contribution in [3.8, 4) is 11.8 Å². The molecule has 12 heteroatoms. The molecule has 0 saturated carbocycles. The van der Waals surface area contributed by atoms with Crippen LogP contribution < -0.4 is 10.5 Å². The number of carbonyl (C=O) groups is 2. The van der Waals surface area contributed by atoms with Crippen molar-refractivity contribution in [2.45, 2.75) is 18.7 Å². The third-order valence-corrected chi connectivity index (χ3v) is 3.28. The maximum Gasteiger partial charge on any atom is 0.416 e. The molecule has 0 saturated heterocycles. The van der Waals surface area contributed by atoms with Crippen molar-refractivity contribution in [2.75, 3.05) is 6.54 Å². The number of aliphatic carboxylic acids is 2. The number of hydrogen-bond acceptors (Lipinski definition) is 7. The van der Waals surface area contributed by atoms with Gasteiger partial charge in [0.1, 0.15) is 29.9 Å². The van der Waals surface area contributed by atoms with E-state index in [9.17, 15) is 22.8 Å². The predicted molar refractivity (Wildman–Crippen MR) is 94.1 cm³/mol. The number of rotatable bonds is 7. The summed E-state index contributed by atoms with van der Waals surface area (Å²) in [5, 5.41) is 28.3. The SMILES string of the molecule is N#Cc1ccc(C(F)(F)F)cc1O[C@H](CCN)c1ccon1.O=C(O)/C=C/C(=O)O. The maximum atomic E-state index is 12.8. The largest absolute Gasteiger partial charge is 0.483 e. The molecule has 0 bridgehead atoms. The van der Waals surface area contributed by atoms with Gasteiger partial charge in [-0.2, -0.15) is 18.4 Å². The van der Waals surface area contributed by atoms with E-state index in [2.05, 4.69) is 5.16 Å². The molecule has 1 aromatic heterocycles. The van der Waals surface area contributed by atoms with Crippen LogP contribution in [0.15, 0.2) is 47.2 Å². The molecule has 0 amide bonds. The number of carboxylic acids is 2. The van der Waals surface area contributed by atoms with E-state index in [1.807, 2.05) is 0 Å². The smallest absolute Gasteiger partial charge is 0.416 e. The molecule has 2 rings (SSSR count). The highest BCUT2D eigenvalue weighted by Gasteiger charge is 2.31. The Morgan fingerprint density at radius 3 is 2.33 bits per heavy atom. The summed E-state index contributed by atoms with van der Waals surface area (Å²) in [6.45, 7) is 0.234. The Morgan fingerprint density at radius 1 is 1.27 bits per heavy atom. The van der Waals surface area contributed by atoms with Crippen LogP contribution in [0.3, 0.4) is 0 Å². The third kappa shape index (κ3) is 8.03. The van der Waals surface area contributed by atoms with E-state index in [1.165, 1.54) is 12.3 Å². The minimum atomic E-state index is -4.52. The molecule has 9 nitrogen and oxygen atoms in total. The number of ether oxygens (including phenoxy) is 1. The lowest BCUT2D eigenvalue weighted by Gasteiger charge is -2.18. The molecule has 30 heavy (non-hydrogen) atoms. The summed E-state index contributed by atoms with van der Waals surface area (Å²) < 4.78 is 48.6. The van der Waals surface area contributed by atoms with Gasteiger partial charge in [0.2, 0.25) is 0 Å². The average Bonchev–Trinajstić information content (AvgIpc) is 3.20. The summed E-state index contributed by atoms with van der Waals surface area (Å²) in [6, 6.07) is 6.02. The summed E-state index contributed by atoms with van der Waals surface area (Å²) in [4.78, 5) is 19.1. The number of nitrogens with zero attached hydrogens (tertiary/aromatic N) is 2. The number of alkyl halides is 3. The molecular formula is C18H16F3N3O6. The summed E-state index contributed by atoms with van der Waals surface area (Å²) in [5.74, 6) is -2.68. The van der Waals surface area contributed by atoms with Gasteiger partial charge in [-0.15, -0.1) is 0 Å². The first-order valence-corrected chi connectivity index (χ1v) is 8.10. The van der Waals surface area contributed by atoms with E-state index in [0.29, 0.717) is 24.3 Å². The molecule has 1 heterocycles. The molecule has 2 aromatic rings. The van der Waals surface area contributed by atoms with Crippen molar-refractivity contribution in [1.82, 2.24) is 5.16 Å². The topological polar surface area (TPSA) is 160 Å². The standard InChI is InChI=1S/C14H12F3N3O2.C4H4O4/c15-14(16,17)10-2-1-9(8-19)13(7-10)22-12(3-5-18)11-4-6-21-20-11;5-3(6)1-2-4(7)8/h1-2,4,6-7,12H,3,5,18H2;1-2H,(H,5,6)(H,7,8)/b;2-1+/t12-;/m1./s1. The lowest BCUT2D eigenvalue weighted by molar-refractivity contribution is -0.137. The number of aromatic nitrogens is 1. The first-order valence-electron chi connectivity index (χ1n) is 8.10. The summed E-state index contributed by atoms with van der Waals surface area (Å²) in [7, 11) is 0. The lowest BCUT2D eigenvalue weighted by Crippen LogP contribution is -2.15. The van der Waals surface area contributed by atoms with E-state index >= 15 is 0 Å². The van der Waals surface area contributed by atoms with E-state index < -0.39 is 29.8 Å². The van der Waals surface area contributed by atoms with Gasteiger partial charge in [-0.25, -0.2) is 9.59 Å². The Kier molecular flexibility index (Phi) is 9.05. The van der Waals surface area contributed by atoms with E-state index in [1.54, 1.807) is 6.07 Å². The second-order valence-corrected chi connectivity index (χ2v) is 5.44. The molecule has 0 aliphatic carbocycles. The van der Waals surface area contributed by atoms with E-state index in [0.717, 1.165) is 18.2 Å². The maximum absolute atomic E-state index is 12.8. The number of benzene rings is 1. The van der Waals surface area contributed by atoms with Gasteiger partial charge in [0, 0.05) is 24.6 Å². The molecule has 1 aromatic carbocycles. The molecule has 0 unspecified atom stereocenters. The van der Waals surface area contributed by atoms with Gasteiger partial charge >= 0.3 is 18.1 Å². The molecule has 0 radical (unpaired) electrons. The Hall–Kier alpha value is -3.85. The number of hydrogen-bond donors (Lipinski definition) is 3. The fraction of sp³-hybridized carbons (Fsp3) is 0.222. The van der Waals surface area contributed by atoms with Crippen LogP contribution in [0.5, 0.6) is 5.75 Å². The average molecular weight is 427 g/mol. The molecule has 1 atom stereocenters. The van der Waals surface area contributed by atoms with Gasteiger partial charge in [-0.05, 0) is 24.7 Å². The zero-order valence-corrected chi connectivity index (χ0v) is 15.2. The third-order valence-electron chi connectivity index (χ3n) is 3.28. The van der Waals surface area contributed by atoms with Crippen molar-refractivity contribution >= 4 is 11.9 Å². The number of nitrogens with two attached hydrogens (primary N) is 1. The predicted octanol–water partition coefficient (Wildman–Crippen LogP) is 2.75. The molecule has 0 aliphatic heterocycles. The van der Waals surface area contributed by atoms with Gasteiger partial charge < -0.3 is 25.2 Å². The summed E-state index contributed by atoms with van der Waals surface area (Å²) in [6.07, 6.45) is -2.47. The highest BCUT2D eigenvalue weighted by atomic mass is 19.4. The second-order valence-electron chi connectivity index (χ2n) is 5.44. The van der Waals surface area contributed by atoms with Crippen LogP contribution in [-0.2, 0) is 15.8 Å². The molecule has 0 fully saturated rings. The first kappa shape index (κ1) is 24.2. The minimum Gasteiger partial charge on any atom is -0.483 e. The second kappa shape index (κ2) is 11.2. The van der Waals surface area contributed by atoms with Crippen LogP contribution in [-0.4, -0.2) is 33.9 Å². The van der Waals surface area contributed by atoms with Crippen LogP contribution in [0.4, 0.5) is 13.2 Å². The Morgan fingerprint density at radius 2 is 1.90 bits per heavy atom. The van der Waals surface area contributed by atoms with Crippen molar-refractivity contribution in [1.29, 1.82) is 5.26 Å². The van der Waals surface area contributed by atoms with Crippen molar-refractivity contribution in [3.05, 3.63) is 59.5 Å². The summed E-state index contributed by atoms with van der Waals surface area (Å²) >= 11 is 0. The normalized spacial score (nSPS) is 11.8. The van der Waals surface area contributed by atoms with Gasteiger partial charge in [-0.1, -0.05) is 5.16 Å². The van der Waals surface area contributed by atoms with Crippen LogP contribution in [0.25, 0.3) is 0 Å². The van der Waals surface area contributed by atoms with Crippen molar-refractivity contribution in [3.63, 3.8) is 0 Å². The highest BCUT2D eigenvalue weighted by Crippen LogP contribution is 2.34. The highest BCUT2D eigenvalue weighted by molar-refractivity contribution is 5.89. The van der Waals surface area contributed by atoms with Crippen LogP contribution in [0.2, 0.25) is 0 Å². The fourth-order valence-corrected chi connectivity index (χ4v) is 1.99. The van der Waals surface area contributed by atoms with Crippen molar-refractivity contribution < 1.29 is 42.2 Å². The van der Waals surface area contributed by atoms with E-state index in [-0.39, 0.29) is 17.9 Å². The Balaban J connectivity index is 0.000000479. The zero-order valence-electron chi connectivity index (χ0n) is 15.2. The molecule has 4 N–H and O–H groups in total. The summed E-state index contributed by atoms with van der Waals surface area (Å²) in [5.41, 5.74) is 4.97. The number of halogens is 3.